The van der Waals surface area contributed by atoms with Crippen LogP contribution in [-0.4, -0.2) is 25.4 Å². The standard InChI is InChI=1S/C17H26BrNO2/c1-17(2,3)19-11-14-4-5-16(15(18)10-14)21-12-13-6-8-20-9-7-13/h4-5,10,13,19H,6-9,11-12H2,1-3H3. The van der Waals surface area contributed by atoms with Crippen LogP contribution in [0.4, 0.5) is 0 Å². The summed E-state index contributed by atoms with van der Waals surface area (Å²) < 4.78 is 12.4. The van der Waals surface area contributed by atoms with Crippen LogP contribution in [0.1, 0.15) is 39.2 Å². The molecule has 1 fully saturated rings. The van der Waals surface area contributed by atoms with Gasteiger partial charge in [-0.3, -0.25) is 0 Å². The molecule has 1 saturated heterocycles. The number of benzene rings is 1. The third kappa shape index (κ3) is 5.97. The van der Waals surface area contributed by atoms with E-state index >= 15 is 0 Å². The fraction of sp³-hybridized carbons (Fsp3) is 0.647. The summed E-state index contributed by atoms with van der Waals surface area (Å²) in [6, 6.07) is 6.32. The maximum absolute atomic E-state index is 5.95. The van der Waals surface area contributed by atoms with E-state index in [4.69, 9.17) is 9.47 Å². The van der Waals surface area contributed by atoms with Crippen LogP contribution >= 0.6 is 15.9 Å². The molecule has 1 aromatic rings. The molecule has 1 aliphatic heterocycles. The Morgan fingerprint density at radius 3 is 2.62 bits per heavy atom. The first-order chi connectivity index (χ1) is 9.94. The van der Waals surface area contributed by atoms with Crippen LogP contribution < -0.4 is 10.1 Å². The highest BCUT2D eigenvalue weighted by molar-refractivity contribution is 9.10. The zero-order valence-corrected chi connectivity index (χ0v) is 14.8. The van der Waals surface area contributed by atoms with Crippen molar-refractivity contribution in [1.29, 1.82) is 0 Å². The van der Waals surface area contributed by atoms with Gasteiger partial charge in [-0.1, -0.05) is 6.07 Å². The SMILES string of the molecule is CC(C)(C)NCc1ccc(OCC2CCOCC2)c(Br)c1. The Bertz CT molecular complexity index is 451. The van der Waals surface area contributed by atoms with Crippen molar-refractivity contribution < 1.29 is 9.47 Å². The Kier molecular flexibility index (Phi) is 6.08. The molecule has 0 aromatic heterocycles. The minimum atomic E-state index is 0.130. The van der Waals surface area contributed by atoms with E-state index in [1.807, 2.05) is 0 Å². The van der Waals surface area contributed by atoms with Gasteiger partial charge in [0.05, 0.1) is 11.1 Å². The van der Waals surface area contributed by atoms with Crippen molar-refractivity contribution in [2.45, 2.75) is 45.7 Å². The van der Waals surface area contributed by atoms with Crippen molar-refractivity contribution >= 4 is 15.9 Å². The molecule has 0 radical (unpaired) electrons. The highest BCUT2D eigenvalue weighted by Crippen LogP contribution is 2.27. The lowest BCUT2D eigenvalue weighted by Crippen LogP contribution is -2.35. The maximum Gasteiger partial charge on any atom is 0.133 e. The molecule has 3 nitrogen and oxygen atoms in total. The maximum atomic E-state index is 5.95. The summed E-state index contributed by atoms with van der Waals surface area (Å²) >= 11 is 3.62. The zero-order valence-electron chi connectivity index (χ0n) is 13.2. The molecule has 2 rings (SSSR count). The molecule has 1 aliphatic rings. The van der Waals surface area contributed by atoms with Crippen molar-refractivity contribution in [2.75, 3.05) is 19.8 Å². The van der Waals surface area contributed by atoms with E-state index in [-0.39, 0.29) is 5.54 Å². The molecule has 21 heavy (non-hydrogen) atoms. The number of halogens is 1. The average molecular weight is 356 g/mol. The van der Waals surface area contributed by atoms with Gasteiger partial charge >= 0.3 is 0 Å². The van der Waals surface area contributed by atoms with Crippen molar-refractivity contribution in [3.63, 3.8) is 0 Å². The Hall–Kier alpha value is -0.580. The quantitative estimate of drug-likeness (QED) is 0.860. The summed E-state index contributed by atoms with van der Waals surface area (Å²) in [6.45, 7) is 9.90. The van der Waals surface area contributed by atoms with Crippen molar-refractivity contribution in [3.05, 3.63) is 28.2 Å². The van der Waals surface area contributed by atoms with E-state index in [1.54, 1.807) is 0 Å². The third-order valence-electron chi connectivity index (χ3n) is 3.63. The van der Waals surface area contributed by atoms with Crippen molar-refractivity contribution in [1.82, 2.24) is 5.32 Å². The van der Waals surface area contributed by atoms with Crippen LogP contribution in [0.25, 0.3) is 0 Å². The van der Waals surface area contributed by atoms with E-state index in [2.05, 4.69) is 60.2 Å². The smallest absolute Gasteiger partial charge is 0.133 e. The Morgan fingerprint density at radius 1 is 1.29 bits per heavy atom. The predicted octanol–water partition coefficient (Wildman–Crippen LogP) is 4.14. The third-order valence-corrected chi connectivity index (χ3v) is 4.25. The largest absolute Gasteiger partial charge is 0.492 e. The van der Waals surface area contributed by atoms with Gasteiger partial charge in [0.25, 0.3) is 0 Å². The molecule has 118 valence electrons. The Balaban J connectivity index is 1.86. The first-order valence-electron chi connectivity index (χ1n) is 7.68. The number of hydrogen-bond acceptors (Lipinski definition) is 3. The highest BCUT2D eigenvalue weighted by atomic mass is 79.9. The molecule has 0 unspecified atom stereocenters. The topological polar surface area (TPSA) is 30.5 Å². The fourth-order valence-electron chi connectivity index (χ4n) is 2.26. The van der Waals surface area contributed by atoms with Gasteiger partial charge in [0.15, 0.2) is 0 Å². The molecular weight excluding hydrogens is 330 g/mol. The first-order valence-corrected chi connectivity index (χ1v) is 8.47. The molecule has 1 heterocycles. The lowest BCUT2D eigenvalue weighted by Gasteiger charge is -2.23. The molecule has 1 aromatic carbocycles. The Morgan fingerprint density at radius 2 is 2.00 bits per heavy atom. The second kappa shape index (κ2) is 7.61. The van der Waals surface area contributed by atoms with Crippen LogP contribution in [0.15, 0.2) is 22.7 Å². The second-order valence-electron chi connectivity index (χ2n) is 6.74. The molecule has 0 spiro atoms. The second-order valence-corrected chi connectivity index (χ2v) is 7.59. The molecule has 0 aliphatic carbocycles. The van der Waals surface area contributed by atoms with Gasteiger partial charge in [-0.2, -0.15) is 0 Å². The number of hydrogen-bond donors (Lipinski definition) is 1. The van der Waals surface area contributed by atoms with Crippen molar-refractivity contribution in [2.24, 2.45) is 5.92 Å². The fourth-order valence-corrected chi connectivity index (χ4v) is 2.80. The number of rotatable bonds is 5. The molecule has 4 heteroatoms. The minimum absolute atomic E-state index is 0.130. The summed E-state index contributed by atoms with van der Waals surface area (Å²) in [5.74, 6) is 1.55. The summed E-state index contributed by atoms with van der Waals surface area (Å²) in [5.41, 5.74) is 1.39. The normalized spacial score (nSPS) is 17.0. The molecule has 0 saturated carbocycles. The lowest BCUT2D eigenvalue weighted by molar-refractivity contribution is 0.0496. The van der Waals surface area contributed by atoms with E-state index in [0.29, 0.717) is 5.92 Å². The number of ether oxygens (including phenoxy) is 2. The molecule has 0 bridgehead atoms. The van der Waals surface area contributed by atoms with Gasteiger partial charge in [0.2, 0.25) is 0 Å². The van der Waals surface area contributed by atoms with Gasteiger partial charge < -0.3 is 14.8 Å². The molecule has 0 atom stereocenters. The van der Waals surface area contributed by atoms with Gasteiger partial charge in [-0.25, -0.2) is 0 Å². The van der Waals surface area contributed by atoms with Crippen LogP contribution in [0.5, 0.6) is 5.75 Å². The Labute approximate surface area is 136 Å². The van der Waals surface area contributed by atoms with Gasteiger partial charge in [-0.05, 0) is 73.2 Å². The summed E-state index contributed by atoms with van der Waals surface area (Å²) in [7, 11) is 0. The van der Waals surface area contributed by atoms with Crippen molar-refractivity contribution in [3.8, 4) is 5.75 Å². The predicted molar refractivity (Wildman–Crippen MR) is 89.8 cm³/mol. The highest BCUT2D eigenvalue weighted by Gasteiger charge is 2.15. The van der Waals surface area contributed by atoms with Crippen LogP contribution in [0.2, 0.25) is 0 Å². The molecule has 0 amide bonds. The van der Waals surface area contributed by atoms with Gasteiger partial charge in [0.1, 0.15) is 5.75 Å². The number of nitrogens with one attached hydrogen (secondary N) is 1. The van der Waals surface area contributed by atoms with Crippen LogP contribution in [0, 0.1) is 5.92 Å². The van der Waals surface area contributed by atoms with E-state index in [0.717, 1.165) is 49.4 Å². The lowest BCUT2D eigenvalue weighted by atomic mass is 10.0. The molecule has 1 N–H and O–H groups in total. The van der Waals surface area contributed by atoms with Gasteiger partial charge in [0, 0.05) is 25.3 Å². The average Bonchev–Trinajstić information content (AvgIpc) is 2.44. The van der Waals surface area contributed by atoms with Crippen LogP contribution in [0.3, 0.4) is 0 Å². The monoisotopic (exact) mass is 355 g/mol. The van der Waals surface area contributed by atoms with E-state index in [9.17, 15) is 0 Å². The zero-order chi connectivity index (χ0) is 15.3. The minimum Gasteiger partial charge on any atom is -0.492 e. The summed E-state index contributed by atoms with van der Waals surface area (Å²) in [4.78, 5) is 0. The molecular formula is C17H26BrNO2. The van der Waals surface area contributed by atoms with Crippen LogP contribution in [-0.2, 0) is 11.3 Å². The summed E-state index contributed by atoms with van der Waals surface area (Å²) in [6.07, 6.45) is 2.20. The van der Waals surface area contributed by atoms with E-state index < -0.39 is 0 Å². The van der Waals surface area contributed by atoms with Gasteiger partial charge in [-0.15, -0.1) is 0 Å². The van der Waals surface area contributed by atoms with E-state index in [1.165, 1.54) is 5.56 Å². The first kappa shape index (κ1) is 16.8. The summed E-state index contributed by atoms with van der Waals surface area (Å²) in [5, 5.41) is 3.49.